The molecule has 0 atom stereocenters. The van der Waals surface area contributed by atoms with Gasteiger partial charge >= 0.3 is 6.18 Å². The Morgan fingerprint density at radius 2 is 1.86 bits per heavy atom. The molecule has 0 radical (unpaired) electrons. The summed E-state index contributed by atoms with van der Waals surface area (Å²) in [5, 5.41) is 6.16. The molecule has 0 aromatic carbocycles. The highest BCUT2D eigenvalue weighted by atomic mass is 19.4. The monoisotopic (exact) mass is 307 g/mol. The number of alkyl halides is 3. The molecule has 1 saturated heterocycles. The quantitative estimate of drug-likeness (QED) is 0.831. The molecule has 4 nitrogen and oxygen atoms in total. The normalized spacial score (nSPS) is 28.9. The second-order valence-electron chi connectivity index (χ2n) is 6.04. The Morgan fingerprint density at radius 3 is 2.52 bits per heavy atom. The van der Waals surface area contributed by atoms with Gasteiger partial charge in [-0.2, -0.15) is 13.2 Å². The van der Waals surface area contributed by atoms with Crippen LogP contribution in [-0.2, 0) is 4.79 Å². The lowest BCUT2D eigenvalue weighted by atomic mass is 9.85. The minimum Gasteiger partial charge on any atom is -0.352 e. The number of carbonyl (C=O) groups is 1. The van der Waals surface area contributed by atoms with E-state index in [4.69, 9.17) is 0 Å². The molecule has 2 N–H and O–H groups in total. The summed E-state index contributed by atoms with van der Waals surface area (Å²) in [6.07, 6.45) is -1.96. The zero-order valence-corrected chi connectivity index (χ0v) is 12.2. The summed E-state index contributed by atoms with van der Waals surface area (Å²) in [5.41, 5.74) is 0. The summed E-state index contributed by atoms with van der Waals surface area (Å²) < 4.78 is 37.7. The molecular weight excluding hydrogens is 283 g/mol. The molecule has 0 aromatic heterocycles. The standard InChI is InChI=1S/C14H24F3N3O/c15-14(16,17)11-2-4-12(5-3-11)19-13(21)10-20-8-1-6-18-7-9-20/h11-12,18H,1-10H2,(H,19,21). The van der Waals surface area contributed by atoms with Crippen LogP contribution in [0.5, 0.6) is 0 Å². The van der Waals surface area contributed by atoms with Crippen molar-refractivity contribution in [3.63, 3.8) is 0 Å². The van der Waals surface area contributed by atoms with E-state index in [0.29, 0.717) is 19.4 Å². The molecule has 2 rings (SSSR count). The maximum atomic E-state index is 12.6. The Labute approximate surface area is 123 Å². The van der Waals surface area contributed by atoms with Crippen molar-refractivity contribution >= 4 is 5.91 Å². The number of amides is 1. The molecule has 21 heavy (non-hydrogen) atoms. The van der Waals surface area contributed by atoms with Gasteiger partial charge in [-0.1, -0.05) is 0 Å². The van der Waals surface area contributed by atoms with E-state index in [-0.39, 0.29) is 24.8 Å². The second kappa shape index (κ2) is 7.45. The van der Waals surface area contributed by atoms with Crippen LogP contribution in [0.2, 0.25) is 0 Å². The molecule has 1 saturated carbocycles. The first-order chi connectivity index (χ1) is 9.95. The molecule has 1 aliphatic carbocycles. The minimum absolute atomic E-state index is 0.0626. The Kier molecular flexibility index (Phi) is 5.87. The van der Waals surface area contributed by atoms with Gasteiger partial charge in [0.2, 0.25) is 5.91 Å². The van der Waals surface area contributed by atoms with E-state index in [0.717, 1.165) is 32.6 Å². The zero-order valence-electron chi connectivity index (χ0n) is 12.2. The Balaban J connectivity index is 1.69. The van der Waals surface area contributed by atoms with Crippen LogP contribution in [0.1, 0.15) is 32.1 Å². The second-order valence-corrected chi connectivity index (χ2v) is 6.04. The Morgan fingerprint density at radius 1 is 1.14 bits per heavy atom. The first-order valence-corrected chi connectivity index (χ1v) is 7.74. The predicted molar refractivity (Wildman–Crippen MR) is 73.9 cm³/mol. The van der Waals surface area contributed by atoms with Crippen LogP contribution in [-0.4, -0.2) is 55.7 Å². The van der Waals surface area contributed by atoms with Crippen LogP contribution >= 0.6 is 0 Å². The minimum atomic E-state index is -4.09. The average molecular weight is 307 g/mol. The number of hydrogen-bond donors (Lipinski definition) is 2. The van der Waals surface area contributed by atoms with Gasteiger partial charge in [0.1, 0.15) is 0 Å². The fourth-order valence-corrected chi connectivity index (χ4v) is 3.10. The highest BCUT2D eigenvalue weighted by Gasteiger charge is 2.41. The summed E-state index contributed by atoms with van der Waals surface area (Å²) in [6.45, 7) is 3.93. The molecule has 7 heteroatoms. The van der Waals surface area contributed by atoms with E-state index in [1.807, 2.05) is 0 Å². The summed E-state index contributed by atoms with van der Waals surface area (Å²) in [5.74, 6) is -1.25. The molecule has 1 amide bonds. The van der Waals surface area contributed by atoms with Gasteiger partial charge in [0.25, 0.3) is 0 Å². The van der Waals surface area contributed by atoms with Crippen molar-refractivity contribution in [3.8, 4) is 0 Å². The predicted octanol–water partition coefficient (Wildman–Crippen LogP) is 1.52. The van der Waals surface area contributed by atoms with Gasteiger partial charge in [0.15, 0.2) is 0 Å². The fraction of sp³-hybridized carbons (Fsp3) is 0.929. The summed E-state index contributed by atoms with van der Waals surface area (Å²) in [7, 11) is 0. The maximum Gasteiger partial charge on any atom is 0.391 e. The zero-order chi connectivity index (χ0) is 15.3. The van der Waals surface area contributed by atoms with E-state index in [1.165, 1.54) is 0 Å². The number of halogens is 3. The van der Waals surface area contributed by atoms with Crippen molar-refractivity contribution < 1.29 is 18.0 Å². The number of rotatable bonds is 3. The third-order valence-corrected chi connectivity index (χ3v) is 4.36. The summed E-state index contributed by atoms with van der Waals surface area (Å²) >= 11 is 0. The largest absolute Gasteiger partial charge is 0.391 e. The lowest BCUT2D eigenvalue weighted by Gasteiger charge is -2.30. The van der Waals surface area contributed by atoms with Crippen LogP contribution < -0.4 is 10.6 Å². The van der Waals surface area contributed by atoms with Crippen molar-refractivity contribution in [2.24, 2.45) is 5.92 Å². The van der Waals surface area contributed by atoms with Crippen LogP contribution in [0.4, 0.5) is 13.2 Å². The third-order valence-electron chi connectivity index (χ3n) is 4.36. The van der Waals surface area contributed by atoms with Crippen LogP contribution in [0.3, 0.4) is 0 Å². The van der Waals surface area contributed by atoms with E-state index in [2.05, 4.69) is 15.5 Å². The molecule has 122 valence electrons. The molecule has 2 aliphatic rings. The van der Waals surface area contributed by atoms with Gasteiger partial charge in [0, 0.05) is 19.1 Å². The van der Waals surface area contributed by atoms with Crippen molar-refractivity contribution in [1.82, 2.24) is 15.5 Å². The number of nitrogens with one attached hydrogen (secondary N) is 2. The molecule has 1 aliphatic heterocycles. The molecule has 0 aromatic rings. The van der Waals surface area contributed by atoms with Gasteiger partial charge in [-0.3, -0.25) is 9.69 Å². The van der Waals surface area contributed by atoms with Crippen LogP contribution in [0.25, 0.3) is 0 Å². The van der Waals surface area contributed by atoms with E-state index in [1.54, 1.807) is 0 Å². The van der Waals surface area contributed by atoms with Gasteiger partial charge in [-0.25, -0.2) is 0 Å². The molecule has 1 heterocycles. The first-order valence-electron chi connectivity index (χ1n) is 7.74. The Hall–Kier alpha value is -0.820. The molecule has 0 bridgehead atoms. The average Bonchev–Trinajstić information content (AvgIpc) is 2.67. The fourth-order valence-electron chi connectivity index (χ4n) is 3.10. The van der Waals surface area contributed by atoms with E-state index < -0.39 is 12.1 Å². The Bertz CT molecular complexity index is 333. The molecule has 2 fully saturated rings. The summed E-state index contributed by atoms with van der Waals surface area (Å²) in [6, 6.07) is -0.0961. The lowest BCUT2D eigenvalue weighted by molar-refractivity contribution is -0.182. The van der Waals surface area contributed by atoms with Crippen molar-refractivity contribution in [3.05, 3.63) is 0 Å². The highest BCUT2D eigenvalue weighted by Crippen LogP contribution is 2.37. The molecule has 0 unspecified atom stereocenters. The van der Waals surface area contributed by atoms with Crippen LogP contribution in [0.15, 0.2) is 0 Å². The van der Waals surface area contributed by atoms with Gasteiger partial charge in [-0.05, 0) is 45.2 Å². The van der Waals surface area contributed by atoms with Crippen molar-refractivity contribution in [2.45, 2.75) is 44.3 Å². The van der Waals surface area contributed by atoms with Crippen molar-refractivity contribution in [1.29, 1.82) is 0 Å². The number of nitrogens with zero attached hydrogens (tertiary/aromatic N) is 1. The third kappa shape index (κ3) is 5.47. The molecule has 0 spiro atoms. The lowest BCUT2D eigenvalue weighted by Crippen LogP contribution is -2.45. The number of carbonyl (C=O) groups excluding carboxylic acids is 1. The van der Waals surface area contributed by atoms with Crippen LogP contribution in [0, 0.1) is 5.92 Å². The number of hydrogen-bond acceptors (Lipinski definition) is 3. The highest BCUT2D eigenvalue weighted by molar-refractivity contribution is 5.78. The van der Waals surface area contributed by atoms with Crippen molar-refractivity contribution in [2.75, 3.05) is 32.7 Å². The van der Waals surface area contributed by atoms with E-state index >= 15 is 0 Å². The van der Waals surface area contributed by atoms with Gasteiger partial charge in [-0.15, -0.1) is 0 Å². The molecular formula is C14H24F3N3O. The maximum absolute atomic E-state index is 12.6. The summed E-state index contributed by atoms with van der Waals surface area (Å²) in [4.78, 5) is 14.1. The van der Waals surface area contributed by atoms with Gasteiger partial charge < -0.3 is 10.6 Å². The smallest absolute Gasteiger partial charge is 0.352 e. The van der Waals surface area contributed by atoms with Gasteiger partial charge in [0.05, 0.1) is 12.5 Å². The first kappa shape index (κ1) is 16.5. The topological polar surface area (TPSA) is 44.4 Å². The van der Waals surface area contributed by atoms with E-state index in [9.17, 15) is 18.0 Å². The SMILES string of the molecule is O=C(CN1CCCNCC1)NC1CCC(C(F)(F)F)CC1.